The molecule has 0 unspecified atom stereocenters. The van der Waals surface area contributed by atoms with E-state index in [0.717, 1.165) is 42.0 Å². The van der Waals surface area contributed by atoms with E-state index in [1.165, 1.54) is 18.1 Å². The van der Waals surface area contributed by atoms with Gasteiger partial charge in [-0.05, 0) is 12.8 Å². The van der Waals surface area contributed by atoms with Crippen molar-refractivity contribution in [1.29, 1.82) is 0 Å². The molecule has 7 heteroatoms. The number of likely N-dealkylation sites (tertiary alicyclic amines) is 1. The minimum absolute atomic E-state index is 0.193. The van der Waals surface area contributed by atoms with Gasteiger partial charge in [-0.25, -0.2) is 9.97 Å². The van der Waals surface area contributed by atoms with Crippen LogP contribution in [-0.2, 0) is 11.8 Å². The highest BCUT2D eigenvalue weighted by Gasteiger charge is 2.18. The number of carbonyl (C=O) groups is 1. The van der Waals surface area contributed by atoms with Gasteiger partial charge in [-0.1, -0.05) is 11.8 Å². The van der Waals surface area contributed by atoms with Gasteiger partial charge in [0.2, 0.25) is 5.91 Å². The maximum Gasteiger partial charge on any atom is 0.232 e. The second-order valence-corrected chi connectivity index (χ2v) is 5.52. The summed E-state index contributed by atoms with van der Waals surface area (Å²) in [4.78, 5) is 22.4. The largest absolute Gasteiger partial charge is 0.342 e. The Morgan fingerprint density at radius 2 is 2.16 bits per heavy atom. The lowest BCUT2D eigenvalue weighted by atomic mass is 10.4. The molecule has 0 saturated carbocycles. The van der Waals surface area contributed by atoms with Crippen molar-refractivity contribution in [3.8, 4) is 0 Å². The highest BCUT2D eigenvalue weighted by molar-refractivity contribution is 8.00. The number of thioether (sulfide) groups is 1. The van der Waals surface area contributed by atoms with Gasteiger partial charge in [-0.2, -0.15) is 5.10 Å². The highest BCUT2D eigenvalue weighted by Crippen LogP contribution is 2.24. The molecule has 6 nitrogen and oxygen atoms in total. The van der Waals surface area contributed by atoms with E-state index in [-0.39, 0.29) is 5.91 Å². The molecule has 0 N–H and O–H groups in total. The Labute approximate surface area is 115 Å². The summed E-state index contributed by atoms with van der Waals surface area (Å²) in [6, 6.07) is 0. The molecule has 0 aromatic carbocycles. The molecule has 19 heavy (non-hydrogen) atoms. The maximum absolute atomic E-state index is 12.0. The first-order valence-corrected chi connectivity index (χ1v) is 7.27. The zero-order chi connectivity index (χ0) is 13.2. The molecule has 3 rings (SSSR count). The Morgan fingerprint density at radius 1 is 1.37 bits per heavy atom. The highest BCUT2D eigenvalue weighted by atomic mass is 32.2. The number of hydrogen-bond donors (Lipinski definition) is 0. The molecule has 1 fully saturated rings. The predicted octanol–water partition coefficient (Wildman–Crippen LogP) is 1.08. The number of rotatable bonds is 3. The molecule has 3 heterocycles. The summed E-state index contributed by atoms with van der Waals surface area (Å²) in [5.74, 6) is 0.624. The lowest BCUT2D eigenvalue weighted by Gasteiger charge is -2.14. The van der Waals surface area contributed by atoms with Crippen molar-refractivity contribution in [3.63, 3.8) is 0 Å². The number of aryl methyl sites for hydroxylation is 1. The maximum atomic E-state index is 12.0. The van der Waals surface area contributed by atoms with E-state index in [2.05, 4.69) is 15.1 Å². The van der Waals surface area contributed by atoms with Crippen molar-refractivity contribution >= 4 is 28.7 Å². The van der Waals surface area contributed by atoms with Crippen LogP contribution in [0, 0.1) is 0 Å². The first-order valence-electron chi connectivity index (χ1n) is 6.29. The van der Waals surface area contributed by atoms with Crippen molar-refractivity contribution in [3.05, 3.63) is 12.5 Å². The molecule has 100 valence electrons. The van der Waals surface area contributed by atoms with E-state index in [1.807, 2.05) is 11.9 Å². The van der Waals surface area contributed by atoms with Crippen LogP contribution in [0.2, 0.25) is 0 Å². The van der Waals surface area contributed by atoms with Crippen LogP contribution in [0.1, 0.15) is 12.8 Å². The lowest BCUT2D eigenvalue weighted by Crippen LogP contribution is -2.29. The monoisotopic (exact) mass is 277 g/mol. The number of amides is 1. The summed E-state index contributed by atoms with van der Waals surface area (Å²) in [7, 11) is 1.85. The summed E-state index contributed by atoms with van der Waals surface area (Å²) in [6.07, 6.45) is 5.51. The molecular formula is C12H15N5OS. The first-order chi connectivity index (χ1) is 9.25. The minimum atomic E-state index is 0.193. The summed E-state index contributed by atoms with van der Waals surface area (Å²) in [5.41, 5.74) is 0.797. The molecule has 0 aliphatic carbocycles. The van der Waals surface area contributed by atoms with Gasteiger partial charge in [0.05, 0.1) is 17.3 Å². The van der Waals surface area contributed by atoms with Crippen LogP contribution in [0.4, 0.5) is 0 Å². The molecule has 1 aliphatic rings. The Kier molecular flexibility index (Phi) is 3.37. The normalized spacial score (nSPS) is 15.3. The van der Waals surface area contributed by atoms with Crippen LogP contribution < -0.4 is 0 Å². The first kappa shape index (κ1) is 12.4. The standard InChI is InChI=1S/C12H15N5OS/c1-16-11-9(6-15-16)12(14-8-13-11)19-7-10(18)17-4-2-3-5-17/h6,8H,2-5,7H2,1H3. The van der Waals surface area contributed by atoms with Gasteiger partial charge < -0.3 is 4.90 Å². The molecule has 1 amide bonds. The number of aromatic nitrogens is 4. The van der Waals surface area contributed by atoms with Gasteiger partial charge >= 0.3 is 0 Å². The fourth-order valence-electron chi connectivity index (χ4n) is 2.24. The van der Waals surface area contributed by atoms with Crippen LogP contribution in [0.3, 0.4) is 0 Å². The number of carbonyl (C=O) groups excluding carboxylic acids is 1. The second kappa shape index (κ2) is 5.16. The molecule has 0 atom stereocenters. The number of nitrogens with zero attached hydrogens (tertiary/aromatic N) is 5. The molecule has 1 saturated heterocycles. The number of fused-ring (bicyclic) bond motifs is 1. The van der Waals surface area contributed by atoms with Crippen LogP contribution >= 0.6 is 11.8 Å². The van der Waals surface area contributed by atoms with Gasteiger partial charge in [-0.15, -0.1) is 0 Å². The van der Waals surface area contributed by atoms with Crippen molar-refractivity contribution in [2.75, 3.05) is 18.8 Å². The van der Waals surface area contributed by atoms with Crippen LogP contribution in [-0.4, -0.2) is 49.4 Å². The van der Waals surface area contributed by atoms with Crippen molar-refractivity contribution in [2.24, 2.45) is 7.05 Å². The van der Waals surface area contributed by atoms with Gasteiger partial charge in [-0.3, -0.25) is 9.48 Å². The van der Waals surface area contributed by atoms with E-state index >= 15 is 0 Å². The van der Waals surface area contributed by atoms with Crippen LogP contribution in [0.25, 0.3) is 11.0 Å². The third kappa shape index (κ3) is 2.42. The van der Waals surface area contributed by atoms with Crippen LogP contribution in [0.15, 0.2) is 17.6 Å². The molecule has 1 aliphatic heterocycles. The fraction of sp³-hybridized carbons (Fsp3) is 0.500. The van der Waals surface area contributed by atoms with Gasteiger partial charge in [0.1, 0.15) is 11.4 Å². The summed E-state index contributed by atoms with van der Waals surface area (Å²) in [6.45, 7) is 1.79. The summed E-state index contributed by atoms with van der Waals surface area (Å²) < 4.78 is 1.71. The predicted molar refractivity (Wildman–Crippen MR) is 72.8 cm³/mol. The van der Waals surface area contributed by atoms with Gasteiger partial charge in [0.25, 0.3) is 0 Å². The SMILES string of the molecule is Cn1ncc2c(SCC(=O)N3CCCC3)ncnc21. The fourth-order valence-corrected chi connectivity index (χ4v) is 3.11. The molecule has 0 bridgehead atoms. The Morgan fingerprint density at radius 3 is 2.95 bits per heavy atom. The summed E-state index contributed by atoms with van der Waals surface area (Å²) >= 11 is 1.46. The smallest absolute Gasteiger partial charge is 0.232 e. The van der Waals surface area contributed by atoms with Crippen LogP contribution in [0.5, 0.6) is 0 Å². The Balaban J connectivity index is 1.73. The average molecular weight is 277 g/mol. The third-order valence-corrected chi connectivity index (χ3v) is 4.27. The molecule has 0 radical (unpaired) electrons. The zero-order valence-corrected chi connectivity index (χ0v) is 11.6. The second-order valence-electron chi connectivity index (χ2n) is 4.56. The molecule has 2 aromatic heterocycles. The van der Waals surface area contributed by atoms with E-state index in [1.54, 1.807) is 10.9 Å². The number of hydrogen-bond acceptors (Lipinski definition) is 5. The molecular weight excluding hydrogens is 262 g/mol. The van der Waals surface area contributed by atoms with E-state index in [4.69, 9.17) is 0 Å². The quantitative estimate of drug-likeness (QED) is 0.620. The zero-order valence-electron chi connectivity index (χ0n) is 10.7. The lowest BCUT2D eigenvalue weighted by molar-refractivity contribution is -0.127. The van der Waals surface area contributed by atoms with Gasteiger partial charge in [0, 0.05) is 20.1 Å². The average Bonchev–Trinajstić information content (AvgIpc) is 3.07. The van der Waals surface area contributed by atoms with Crippen molar-refractivity contribution in [2.45, 2.75) is 17.9 Å². The third-order valence-electron chi connectivity index (χ3n) is 3.28. The minimum Gasteiger partial charge on any atom is -0.342 e. The topological polar surface area (TPSA) is 63.9 Å². The van der Waals surface area contributed by atoms with E-state index in [9.17, 15) is 4.79 Å². The molecule has 2 aromatic rings. The Bertz CT molecular complexity index is 605. The van der Waals surface area contributed by atoms with Crippen molar-refractivity contribution < 1.29 is 4.79 Å². The summed E-state index contributed by atoms with van der Waals surface area (Å²) in [5, 5.41) is 5.90. The van der Waals surface area contributed by atoms with E-state index in [0.29, 0.717) is 5.75 Å². The van der Waals surface area contributed by atoms with Gasteiger partial charge in [0.15, 0.2) is 5.65 Å². The molecule has 0 spiro atoms. The Hall–Kier alpha value is -1.63. The van der Waals surface area contributed by atoms with Crippen molar-refractivity contribution in [1.82, 2.24) is 24.6 Å². The van der Waals surface area contributed by atoms with E-state index < -0.39 is 0 Å².